The number of phenolic OH excluding ortho intramolecular Hbond substituents is 1. The highest BCUT2D eigenvalue weighted by atomic mass is 16.3. The fourth-order valence-electron chi connectivity index (χ4n) is 3.50. The zero-order valence-corrected chi connectivity index (χ0v) is 11.8. The molecule has 20 heavy (non-hydrogen) atoms. The van der Waals surface area contributed by atoms with E-state index in [1.54, 1.807) is 6.07 Å². The molecule has 0 bridgehead atoms. The summed E-state index contributed by atoms with van der Waals surface area (Å²) in [5.74, 6) is 0.346. The summed E-state index contributed by atoms with van der Waals surface area (Å²) in [6, 6.07) is 12.4. The molecule has 0 atom stereocenters. The molecule has 0 aromatic heterocycles. The van der Waals surface area contributed by atoms with Crippen molar-refractivity contribution in [3.63, 3.8) is 0 Å². The van der Waals surface area contributed by atoms with E-state index in [9.17, 15) is 5.11 Å². The molecule has 0 amide bonds. The maximum absolute atomic E-state index is 9.88. The number of hydrogen-bond donors (Lipinski definition) is 2. The molecule has 2 aromatic rings. The van der Waals surface area contributed by atoms with E-state index in [1.165, 1.54) is 27.9 Å². The first-order chi connectivity index (χ1) is 9.62. The minimum absolute atomic E-state index is 0.0190. The Hall–Kier alpha value is -2.00. The predicted molar refractivity (Wildman–Crippen MR) is 81.2 cm³/mol. The van der Waals surface area contributed by atoms with Gasteiger partial charge in [-0.3, -0.25) is 0 Å². The molecule has 2 aromatic carbocycles. The molecule has 0 radical (unpaired) electrons. The second kappa shape index (κ2) is 3.76. The first-order valence-electron chi connectivity index (χ1n) is 7.01. The van der Waals surface area contributed by atoms with Crippen LogP contribution in [0.5, 0.6) is 5.75 Å². The quantitative estimate of drug-likeness (QED) is 0.769. The predicted octanol–water partition coefficient (Wildman–Crippen LogP) is 2.62. The van der Waals surface area contributed by atoms with Gasteiger partial charge in [0.25, 0.3) is 0 Å². The van der Waals surface area contributed by atoms with Crippen molar-refractivity contribution in [3.05, 3.63) is 47.5 Å². The molecule has 2 N–H and O–H groups in total. The van der Waals surface area contributed by atoms with Crippen molar-refractivity contribution in [2.45, 2.75) is 12.5 Å². The van der Waals surface area contributed by atoms with Crippen LogP contribution in [0.4, 0.5) is 5.69 Å². The summed E-state index contributed by atoms with van der Waals surface area (Å²) < 4.78 is 0. The molecular formula is C17H18N2O. The van der Waals surface area contributed by atoms with Crippen LogP contribution in [-0.4, -0.2) is 25.2 Å². The largest absolute Gasteiger partial charge is 0.508 e. The van der Waals surface area contributed by atoms with Gasteiger partial charge in [0.2, 0.25) is 0 Å². The molecule has 102 valence electrons. The van der Waals surface area contributed by atoms with E-state index in [-0.39, 0.29) is 5.54 Å². The first-order valence-corrected chi connectivity index (χ1v) is 7.01. The van der Waals surface area contributed by atoms with Gasteiger partial charge in [-0.15, -0.1) is 0 Å². The Balaban J connectivity index is 2.05. The summed E-state index contributed by atoms with van der Waals surface area (Å²) >= 11 is 0. The van der Waals surface area contributed by atoms with E-state index < -0.39 is 0 Å². The maximum atomic E-state index is 9.88. The topological polar surface area (TPSA) is 35.5 Å². The van der Waals surface area contributed by atoms with Gasteiger partial charge in [0.1, 0.15) is 5.75 Å². The van der Waals surface area contributed by atoms with E-state index in [1.807, 2.05) is 12.1 Å². The first kappa shape index (κ1) is 11.8. The minimum Gasteiger partial charge on any atom is -0.508 e. The Labute approximate surface area is 118 Å². The summed E-state index contributed by atoms with van der Waals surface area (Å²) in [6.07, 6.45) is 0. The van der Waals surface area contributed by atoms with Crippen molar-refractivity contribution in [3.8, 4) is 16.9 Å². The Morgan fingerprint density at radius 2 is 1.85 bits per heavy atom. The second-order valence-electron chi connectivity index (χ2n) is 5.94. The Morgan fingerprint density at radius 3 is 2.55 bits per heavy atom. The zero-order valence-electron chi connectivity index (χ0n) is 11.8. The number of anilines is 1. The van der Waals surface area contributed by atoms with Gasteiger partial charge in [0.15, 0.2) is 0 Å². The fourth-order valence-corrected chi connectivity index (χ4v) is 3.50. The van der Waals surface area contributed by atoms with Crippen LogP contribution in [-0.2, 0) is 5.54 Å². The zero-order chi connectivity index (χ0) is 13.9. The van der Waals surface area contributed by atoms with Gasteiger partial charge in [-0.2, -0.15) is 0 Å². The molecule has 3 heteroatoms. The number of nitrogens with zero attached hydrogens (tertiary/aromatic N) is 1. The molecule has 2 heterocycles. The van der Waals surface area contributed by atoms with Crippen LogP contribution in [0.2, 0.25) is 0 Å². The molecule has 0 unspecified atom stereocenters. The highest BCUT2D eigenvalue weighted by molar-refractivity contribution is 5.87. The number of nitrogens with one attached hydrogen (secondary N) is 1. The van der Waals surface area contributed by atoms with Crippen molar-refractivity contribution in [1.82, 2.24) is 5.32 Å². The molecule has 4 rings (SSSR count). The number of hydrogen-bond acceptors (Lipinski definition) is 3. The molecular weight excluding hydrogens is 248 g/mol. The van der Waals surface area contributed by atoms with Crippen LogP contribution in [0, 0.1) is 6.92 Å². The minimum atomic E-state index is -0.0190. The van der Waals surface area contributed by atoms with Crippen molar-refractivity contribution in [2.75, 3.05) is 25.0 Å². The molecule has 1 fully saturated rings. The van der Waals surface area contributed by atoms with Crippen molar-refractivity contribution in [2.24, 2.45) is 0 Å². The monoisotopic (exact) mass is 266 g/mol. The molecule has 0 aliphatic carbocycles. The number of likely N-dealkylation sites (N-methyl/N-ethyl adjacent to an activating group) is 1. The lowest BCUT2D eigenvalue weighted by atomic mass is 9.74. The van der Waals surface area contributed by atoms with Gasteiger partial charge in [-0.25, -0.2) is 0 Å². The molecule has 1 saturated heterocycles. The molecule has 0 saturated carbocycles. The molecule has 3 nitrogen and oxygen atoms in total. The van der Waals surface area contributed by atoms with Crippen molar-refractivity contribution in [1.29, 1.82) is 0 Å². The number of aromatic hydroxyl groups is 1. The fraction of sp³-hybridized carbons (Fsp3) is 0.294. The smallest absolute Gasteiger partial charge is 0.115 e. The van der Waals surface area contributed by atoms with E-state index >= 15 is 0 Å². The van der Waals surface area contributed by atoms with Crippen LogP contribution < -0.4 is 10.2 Å². The normalized spacial score (nSPS) is 18.4. The standard InChI is InChI=1S/C17H18N2O/c1-11-3-5-14-13-6-4-12(20)8-15(13)17(9-18-10-17)19(2)16(14)7-11/h3-8,18,20H,9-10H2,1-2H3. The number of phenols is 1. The Kier molecular flexibility index (Phi) is 2.22. The highest BCUT2D eigenvalue weighted by Gasteiger charge is 2.47. The summed E-state index contributed by atoms with van der Waals surface area (Å²) in [5.41, 5.74) is 6.28. The van der Waals surface area contributed by atoms with Crippen LogP contribution in [0.1, 0.15) is 11.1 Å². The van der Waals surface area contributed by atoms with Crippen molar-refractivity contribution >= 4 is 5.69 Å². The lowest BCUT2D eigenvalue weighted by molar-refractivity contribution is 0.271. The average molecular weight is 266 g/mol. The molecule has 2 aliphatic heterocycles. The van der Waals surface area contributed by atoms with E-state index in [0.717, 1.165) is 13.1 Å². The third kappa shape index (κ3) is 1.33. The lowest BCUT2D eigenvalue weighted by Gasteiger charge is -2.54. The maximum Gasteiger partial charge on any atom is 0.115 e. The second-order valence-corrected chi connectivity index (χ2v) is 5.94. The van der Waals surface area contributed by atoms with Gasteiger partial charge in [-0.05, 0) is 41.8 Å². The summed E-state index contributed by atoms with van der Waals surface area (Å²) in [5, 5.41) is 13.3. The molecule has 2 aliphatic rings. The average Bonchev–Trinajstić information content (AvgIpc) is 2.37. The van der Waals surface area contributed by atoms with Gasteiger partial charge in [-0.1, -0.05) is 18.2 Å². The number of fused-ring (bicyclic) bond motifs is 4. The summed E-state index contributed by atoms with van der Waals surface area (Å²) in [7, 11) is 2.16. The van der Waals surface area contributed by atoms with Crippen molar-refractivity contribution < 1.29 is 5.11 Å². The Morgan fingerprint density at radius 1 is 1.10 bits per heavy atom. The summed E-state index contributed by atoms with van der Waals surface area (Å²) in [4.78, 5) is 2.37. The lowest BCUT2D eigenvalue weighted by Crippen LogP contribution is -2.66. The van der Waals surface area contributed by atoms with Gasteiger partial charge >= 0.3 is 0 Å². The van der Waals surface area contributed by atoms with E-state index in [4.69, 9.17) is 0 Å². The van der Waals surface area contributed by atoms with Gasteiger partial charge < -0.3 is 15.3 Å². The van der Waals surface area contributed by atoms with E-state index in [0.29, 0.717) is 5.75 Å². The SMILES string of the molecule is Cc1ccc2c(c1)N(C)C1(CNC1)c1cc(O)ccc1-2. The molecule has 1 spiro atoms. The van der Waals surface area contributed by atoms with Crippen LogP contribution in [0.15, 0.2) is 36.4 Å². The Bertz CT molecular complexity index is 704. The van der Waals surface area contributed by atoms with Crippen LogP contribution in [0.25, 0.3) is 11.1 Å². The number of benzene rings is 2. The third-order valence-corrected chi connectivity index (χ3v) is 4.79. The van der Waals surface area contributed by atoms with E-state index in [2.05, 4.69) is 42.4 Å². The highest BCUT2D eigenvalue weighted by Crippen LogP contribution is 2.49. The summed E-state index contributed by atoms with van der Waals surface area (Å²) in [6.45, 7) is 3.98. The number of aryl methyl sites for hydroxylation is 1. The van der Waals surface area contributed by atoms with Crippen LogP contribution in [0.3, 0.4) is 0 Å². The number of rotatable bonds is 0. The van der Waals surface area contributed by atoms with Gasteiger partial charge in [0.05, 0.1) is 5.54 Å². The van der Waals surface area contributed by atoms with Crippen LogP contribution >= 0.6 is 0 Å². The third-order valence-electron chi connectivity index (χ3n) is 4.79. The van der Waals surface area contributed by atoms with Gasteiger partial charge in [0, 0.05) is 31.4 Å².